The van der Waals surface area contributed by atoms with Gasteiger partial charge in [-0.15, -0.1) is 0 Å². The normalized spacial score (nSPS) is 11.4. The standard InChI is InChI=1S/C25H24N4O4S/c1-28(2)34(31,32)20-15-13-18(14-16-20)26-25(30)22-17-29(19-9-5-4-6-10-19)27-24(22)21-11-7-8-12-23(21)33-3/h4-17H,1-3H3,(H,26,30). The van der Waals surface area contributed by atoms with Crippen LogP contribution in [0.2, 0.25) is 0 Å². The average Bonchev–Trinajstić information content (AvgIpc) is 3.30. The number of anilines is 1. The molecule has 8 nitrogen and oxygen atoms in total. The number of para-hydroxylation sites is 2. The molecule has 34 heavy (non-hydrogen) atoms. The van der Waals surface area contributed by atoms with E-state index in [1.165, 1.54) is 26.2 Å². The van der Waals surface area contributed by atoms with Gasteiger partial charge >= 0.3 is 0 Å². The number of ether oxygens (including phenoxy) is 1. The minimum Gasteiger partial charge on any atom is -0.496 e. The molecule has 1 aromatic heterocycles. The molecule has 0 unspecified atom stereocenters. The summed E-state index contributed by atoms with van der Waals surface area (Å²) in [6, 6.07) is 22.8. The van der Waals surface area contributed by atoms with Crippen molar-refractivity contribution in [2.24, 2.45) is 0 Å². The highest BCUT2D eigenvalue weighted by molar-refractivity contribution is 7.89. The second kappa shape index (κ2) is 9.50. The van der Waals surface area contributed by atoms with Gasteiger partial charge in [-0.3, -0.25) is 4.79 Å². The van der Waals surface area contributed by atoms with E-state index in [1.54, 1.807) is 30.1 Å². The maximum Gasteiger partial charge on any atom is 0.259 e. The Labute approximate surface area is 198 Å². The Morgan fingerprint density at radius 2 is 1.59 bits per heavy atom. The van der Waals surface area contributed by atoms with Gasteiger partial charge in [-0.2, -0.15) is 5.10 Å². The first-order valence-corrected chi connectivity index (χ1v) is 11.9. The Balaban J connectivity index is 1.71. The molecule has 1 N–H and O–H groups in total. The Kier molecular flexibility index (Phi) is 6.49. The molecule has 4 aromatic rings. The Bertz CT molecular complexity index is 1410. The second-order valence-corrected chi connectivity index (χ2v) is 9.79. The van der Waals surface area contributed by atoms with Gasteiger partial charge in [-0.05, 0) is 48.5 Å². The van der Waals surface area contributed by atoms with Crippen LogP contribution in [-0.2, 0) is 10.0 Å². The summed E-state index contributed by atoms with van der Waals surface area (Å²) < 4.78 is 32.9. The van der Waals surface area contributed by atoms with Crippen LogP contribution in [0.1, 0.15) is 10.4 Å². The number of benzene rings is 3. The average molecular weight is 477 g/mol. The molecule has 9 heteroatoms. The maximum absolute atomic E-state index is 13.3. The lowest BCUT2D eigenvalue weighted by Gasteiger charge is -2.12. The van der Waals surface area contributed by atoms with E-state index in [1.807, 2.05) is 54.6 Å². The molecule has 1 amide bonds. The third-order valence-corrected chi connectivity index (χ3v) is 7.06. The number of hydrogen-bond acceptors (Lipinski definition) is 5. The van der Waals surface area contributed by atoms with Gasteiger partial charge in [-0.1, -0.05) is 30.3 Å². The minimum atomic E-state index is -3.56. The topological polar surface area (TPSA) is 93.5 Å². The number of hydrogen-bond donors (Lipinski definition) is 1. The molecular weight excluding hydrogens is 452 g/mol. The summed E-state index contributed by atoms with van der Waals surface area (Å²) >= 11 is 0. The molecule has 174 valence electrons. The van der Waals surface area contributed by atoms with E-state index in [0.717, 1.165) is 9.99 Å². The molecule has 0 saturated carbocycles. The number of carbonyl (C=O) groups excluding carboxylic acids is 1. The number of carbonyl (C=O) groups is 1. The molecule has 0 atom stereocenters. The van der Waals surface area contributed by atoms with Crippen LogP contribution in [0.3, 0.4) is 0 Å². The van der Waals surface area contributed by atoms with E-state index >= 15 is 0 Å². The van der Waals surface area contributed by atoms with Crippen molar-refractivity contribution in [3.05, 3.63) is 90.6 Å². The van der Waals surface area contributed by atoms with Crippen LogP contribution in [0.15, 0.2) is 90.0 Å². The van der Waals surface area contributed by atoms with Crippen LogP contribution in [0.4, 0.5) is 5.69 Å². The molecule has 1 heterocycles. The summed E-state index contributed by atoms with van der Waals surface area (Å²) in [5, 5.41) is 7.52. The monoisotopic (exact) mass is 476 g/mol. The Morgan fingerprint density at radius 3 is 2.24 bits per heavy atom. The second-order valence-electron chi connectivity index (χ2n) is 7.64. The van der Waals surface area contributed by atoms with Crippen LogP contribution in [0.5, 0.6) is 5.75 Å². The van der Waals surface area contributed by atoms with Crippen molar-refractivity contribution in [3.8, 4) is 22.7 Å². The van der Waals surface area contributed by atoms with Gasteiger partial charge in [0, 0.05) is 31.5 Å². The van der Waals surface area contributed by atoms with Crippen molar-refractivity contribution in [1.29, 1.82) is 0 Å². The van der Waals surface area contributed by atoms with Gasteiger partial charge in [0.25, 0.3) is 5.91 Å². The van der Waals surface area contributed by atoms with E-state index in [2.05, 4.69) is 10.4 Å². The number of aromatic nitrogens is 2. The van der Waals surface area contributed by atoms with E-state index in [4.69, 9.17) is 4.74 Å². The van der Waals surface area contributed by atoms with Gasteiger partial charge in [0.1, 0.15) is 11.4 Å². The summed E-state index contributed by atoms with van der Waals surface area (Å²) in [6.07, 6.45) is 1.66. The largest absolute Gasteiger partial charge is 0.496 e. The number of nitrogens with zero attached hydrogens (tertiary/aromatic N) is 3. The molecular formula is C25H24N4O4S. The van der Waals surface area contributed by atoms with Crippen molar-refractivity contribution < 1.29 is 17.9 Å². The first-order valence-electron chi connectivity index (χ1n) is 10.4. The quantitative estimate of drug-likeness (QED) is 0.434. The van der Waals surface area contributed by atoms with Gasteiger partial charge in [-0.25, -0.2) is 17.4 Å². The van der Waals surface area contributed by atoms with Crippen LogP contribution in [0.25, 0.3) is 16.9 Å². The Hall–Kier alpha value is -3.95. The van der Waals surface area contributed by atoms with E-state index in [9.17, 15) is 13.2 Å². The lowest BCUT2D eigenvalue weighted by Crippen LogP contribution is -2.22. The summed E-state index contributed by atoms with van der Waals surface area (Å²) in [5.74, 6) is 0.208. The lowest BCUT2D eigenvalue weighted by atomic mass is 10.1. The highest BCUT2D eigenvalue weighted by Gasteiger charge is 2.22. The SMILES string of the molecule is COc1ccccc1-c1nn(-c2ccccc2)cc1C(=O)Nc1ccc(S(=O)(=O)N(C)C)cc1. The van der Waals surface area contributed by atoms with Crippen LogP contribution in [0, 0.1) is 0 Å². The number of sulfonamides is 1. The molecule has 0 fully saturated rings. The smallest absolute Gasteiger partial charge is 0.259 e. The predicted molar refractivity (Wildman–Crippen MR) is 131 cm³/mol. The van der Waals surface area contributed by atoms with Gasteiger partial charge in [0.2, 0.25) is 10.0 Å². The molecule has 0 saturated heterocycles. The molecule has 0 radical (unpaired) electrons. The first-order chi connectivity index (χ1) is 16.3. The van der Waals surface area contributed by atoms with Crippen LogP contribution >= 0.6 is 0 Å². The molecule has 0 aliphatic rings. The predicted octanol–water partition coefficient (Wildman–Crippen LogP) is 4.05. The van der Waals surface area contributed by atoms with Gasteiger partial charge in [0.15, 0.2) is 0 Å². The summed E-state index contributed by atoms with van der Waals surface area (Å²) in [5.41, 5.74) is 2.75. The molecule has 0 aliphatic heterocycles. The zero-order valence-corrected chi connectivity index (χ0v) is 19.8. The highest BCUT2D eigenvalue weighted by atomic mass is 32.2. The van der Waals surface area contributed by atoms with E-state index in [0.29, 0.717) is 28.3 Å². The maximum atomic E-state index is 13.3. The van der Waals surface area contributed by atoms with Crippen LogP contribution in [-0.4, -0.2) is 49.6 Å². The fraction of sp³-hybridized carbons (Fsp3) is 0.120. The lowest BCUT2D eigenvalue weighted by molar-refractivity contribution is 0.102. The number of nitrogens with one attached hydrogen (secondary N) is 1. The third kappa shape index (κ3) is 4.57. The number of rotatable bonds is 7. The van der Waals surface area contributed by atoms with Crippen LogP contribution < -0.4 is 10.1 Å². The van der Waals surface area contributed by atoms with Crippen molar-refractivity contribution in [1.82, 2.24) is 14.1 Å². The molecule has 4 rings (SSSR count). The van der Waals surface area contributed by atoms with Crippen molar-refractivity contribution in [3.63, 3.8) is 0 Å². The fourth-order valence-corrected chi connectivity index (χ4v) is 4.31. The summed E-state index contributed by atoms with van der Waals surface area (Å²) in [7, 11) is 0.941. The zero-order valence-electron chi connectivity index (χ0n) is 19.0. The number of methoxy groups -OCH3 is 1. The highest BCUT2D eigenvalue weighted by Crippen LogP contribution is 2.32. The fourth-order valence-electron chi connectivity index (χ4n) is 3.41. The zero-order chi connectivity index (χ0) is 24.3. The molecule has 0 bridgehead atoms. The summed E-state index contributed by atoms with van der Waals surface area (Å²) in [6.45, 7) is 0. The number of amides is 1. The Morgan fingerprint density at radius 1 is 0.941 bits per heavy atom. The molecule has 0 aliphatic carbocycles. The van der Waals surface area contributed by atoms with Crippen molar-refractivity contribution in [2.45, 2.75) is 4.90 Å². The van der Waals surface area contributed by atoms with Crippen molar-refractivity contribution in [2.75, 3.05) is 26.5 Å². The van der Waals surface area contributed by atoms with E-state index < -0.39 is 10.0 Å². The molecule has 0 spiro atoms. The van der Waals surface area contributed by atoms with E-state index in [-0.39, 0.29) is 10.8 Å². The summed E-state index contributed by atoms with van der Waals surface area (Å²) in [4.78, 5) is 13.5. The van der Waals surface area contributed by atoms with Gasteiger partial charge < -0.3 is 10.1 Å². The molecule has 3 aromatic carbocycles. The third-order valence-electron chi connectivity index (χ3n) is 5.23. The first kappa shape index (κ1) is 23.2. The minimum absolute atomic E-state index is 0.141. The van der Waals surface area contributed by atoms with Crippen molar-refractivity contribution >= 4 is 21.6 Å². The van der Waals surface area contributed by atoms with Gasteiger partial charge in [0.05, 0.1) is 23.3 Å².